The molecule has 0 heterocycles. The second-order valence-corrected chi connectivity index (χ2v) is 7.82. The first-order valence-corrected chi connectivity index (χ1v) is 9.11. The summed E-state index contributed by atoms with van der Waals surface area (Å²) in [4.78, 5) is 0. The Kier molecular flexibility index (Phi) is 4.68. The molecule has 0 aromatic heterocycles. The van der Waals surface area contributed by atoms with Gasteiger partial charge in [-0.2, -0.15) is 0 Å². The Morgan fingerprint density at radius 3 is 2.30 bits per heavy atom. The van der Waals surface area contributed by atoms with Gasteiger partial charge in [0.2, 0.25) is 0 Å². The van der Waals surface area contributed by atoms with E-state index in [-0.39, 0.29) is 0 Å². The fraction of sp³-hybridized carbons (Fsp3) is 0.800. The van der Waals surface area contributed by atoms with Gasteiger partial charge in [-0.25, -0.2) is 0 Å². The molecule has 0 aromatic rings. The fourth-order valence-electron chi connectivity index (χ4n) is 5.21. The van der Waals surface area contributed by atoms with Crippen LogP contribution in [0.5, 0.6) is 0 Å². The first kappa shape index (κ1) is 14.4. The van der Waals surface area contributed by atoms with E-state index in [1.807, 2.05) is 0 Å². The third-order valence-electron chi connectivity index (χ3n) is 6.47. The SMILES string of the molecule is CC(CC1CC=CC1)(C1C=CCCC1)C1CCCCC1. The third kappa shape index (κ3) is 3.05. The van der Waals surface area contributed by atoms with Crippen molar-refractivity contribution in [3.8, 4) is 0 Å². The Bertz CT molecular complexity index is 350. The molecule has 3 aliphatic rings. The average Bonchev–Trinajstić information content (AvgIpc) is 3.02. The molecule has 0 aromatic carbocycles. The van der Waals surface area contributed by atoms with Crippen LogP contribution >= 0.6 is 0 Å². The normalized spacial score (nSPS) is 31.6. The second-order valence-electron chi connectivity index (χ2n) is 7.82. The van der Waals surface area contributed by atoms with Crippen LogP contribution in [-0.4, -0.2) is 0 Å². The predicted molar refractivity (Wildman–Crippen MR) is 87.6 cm³/mol. The van der Waals surface area contributed by atoms with Gasteiger partial charge >= 0.3 is 0 Å². The van der Waals surface area contributed by atoms with Crippen LogP contribution in [0.15, 0.2) is 24.3 Å². The van der Waals surface area contributed by atoms with E-state index in [1.165, 1.54) is 70.6 Å². The molecule has 3 aliphatic carbocycles. The molecular weight excluding hydrogens is 240 g/mol. The molecule has 1 saturated carbocycles. The Balaban J connectivity index is 1.76. The maximum absolute atomic E-state index is 2.65. The monoisotopic (exact) mass is 272 g/mol. The van der Waals surface area contributed by atoms with Crippen molar-refractivity contribution >= 4 is 0 Å². The molecule has 0 aliphatic heterocycles. The van der Waals surface area contributed by atoms with Gasteiger partial charge in [0.25, 0.3) is 0 Å². The van der Waals surface area contributed by atoms with Crippen molar-refractivity contribution in [1.82, 2.24) is 0 Å². The van der Waals surface area contributed by atoms with Crippen LogP contribution in [0.1, 0.15) is 77.6 Å². The lowest BCUT2D eigenvalue weighted by Gasteiger charge is -2.47. The van der Waals surface area contributed by atoms with E-state index in [4.69, 9.17) is 0 Å². The van der Waals surface area contributed by atoms with E-state index < -0.39 is 0 Å². The van der Waals surface area contributed by atoms with Gasteiger partial charge in [0, 0.05) is 0 Å². The van der Waals surface area contributed by atoms with Gasteiger partial charge in [0.05, 0.1) is 0 Å². The average molecular weight is 272 g/mol. The Morgan fingerprint density at radius 2 is 1.65 bits per heavy atom. The maximum atomic E-state index is 2.65. The molecule has 112 valence electrons. The zero-order valence-electron chi connectivity index (χ0n) is 13.3. The van der Waals surface area contributed by atoms with Crippen LogP contribution in [0.3, 0.4) is 0 Å². The minimum absolute atomic E-state index is 0.577. The summed E-state index contributed by atoms with van der Waals surface area (Å²) in [7, 11) is 0. The molecule has 0 bridgehead atoms. The van der Waals surface area contributed by atoms with Crippen LogP contribution in [-0.2, 0) is 0 Å². The molecule has 0 spiro atoms. The molecule has 20 heavy (non-hydrogen) atoms. The maximum Gasteiger partial charge on any atom is -0.0177 e. The summed E-state index contributed by atoms with van der Waals surface area (Å²) in [6.45, 7) is 2.65. The number of rotatable bonds is 4. The zero-order valence-corrected chi connectivity index (χ0v) is 13.3. The molecule has 0 N–H and O–H groups in total. The molecular formula is C20H32. The van der Waals surface area contributed by atoms with Gasteiger partial charge in [-0.05, 0) is 74.5 Å². The number of hydrogen-bond donors (Lipinski definition) is 0. The lowest BCUT2D eigenvalue weighted by atomic mass is 9.58. The van der Waals surface area contributed by atoms with Crippen molar-refractivity contribution < 1.29 is 0 Å². The Hall–Kier alpha value is -0.520. The van der Waals surface area contributed by atoms with E-state index in [9.17, 15) is 0 Å². The van der Waals surface area contributed by atoms with Crippen molar-refractivity contribution in [1.29, 1.82) is 0 Å². The zero-order chi connectivity index (χ0) is 13.8. The molecule has 0 saturated heterocycles. The predicted octanol–water partition coefficient (Wildman–Crippen LogP) is 6.29. The molecule has 2 atom stereocenters. The summed E-state index contributed by atoms with van der Waals surface area (Å²) in [5, 5.41) is 0. The summed E-state index contributed by atoms with van der Waals surface area (Å²) < 4.78 is 0. The summed E-state index contributed by atoms with van der Waals surface area (Å²) >= 11 is 0. The Morgan fingerprint density at radius 1 is 0.900 bits per heavy atom. The van der Waals surface area contributed by atoms with Crippen molar-refractivity contribution in [2.24, 2.45) is 23.2 Å². The van der Waals surface area contributed by atoms with Crippen LogP contribution < -0.4 is 0 Å². The van der Waals surface area contributed by atoms with Crippen molar-refractivity contribution in [3.05, 3.63) is 24.3 Å². The lowest BCUT2D eigenvalue weighted by Crippen LogP contribution is -2.38. The molecule has 3 rings (SSSR count). The second kappa shape index (κ2) is 6.50. The highest BCUT2D eigenvalue weighted by atomic mass is 14.5. The summed E-state index contributed by atoms with van der Waals surface area (Å²) in [5.74, 6) is 2.79. The molecule has 0 radical (unpaired) electrons. The van der Waals surface area contributed by atoms with Gasteiger partial charge in [-0.15, -0.1) is 0 Å². The summed E-state index contributed by atoms with van der Waals surface area (Å²) in [6.07, 6.45) is 25.7. The molecule has 0 amide bonds. The van der Waals surface area contributed by atoms with Gasteiger partial charge in [0.15, 0.2) is 0 Å². The van der Waals surface area contributed by atoms with Crippen molar-refractivity contribution in [2.75, 3.05) is 0 Å². The fourth-order valence-corrected chi connectivity index (χ4v) is 5.21. The number of allylic oxidation sites excluding steroid dienone is 4. The summed E-state index contributed by atoms with van der Waals surface area (Å²) in [6, 6.07) is 0. The number of hydrogen-bond acceptors (Lipinski definition) is 0. The van der Waals surface area contributed by atoms with Gasteiger partial charge in [0.1, 0.15) is 0 Å². The highest BCUT2D eigenvalue weighted by molar-refractivity contribution is 5.05. The lowest BCUT2D eigenvalue weighted by molar-refractivity contribution is 0.0507. The van der Waals surface area contributed by atoms with Crippen LogP contribution in [0.2, 0.25) is 0 Å². The largest absolute Gasteiger partial charge is 0.0882 e. The first-order valence-electron chi connectivity index (χ1n) is 9.11. The summed E-state index contributed by atoms with van der Waals surface area (Å²) in [5.41, 5.74) is 0.577. The van der Waals surface area contributed by atoms with E-state index in [2.05, 4.69) is 31.2 Å². The smallest absolute Gasteiger partial charge is 0.0177 e. The molecule has 2 unspecified atom stereocenters. The molecule has 0 heteroatoms. The van der Waals surface area contributed by atoms with Gasteiger partial charge in [-0.3, -0.25) is 0 Å². The van der Waals surface area contributed by atoms with Crippen LogP contribution in [0.4, 0.5) is 0 Å². The molecule has 0 nitrogen and oxygen atoms in total. The van der Waals surface area contributed by atoms with Gasteiger partial charge < -0.3 is 0 Å². The third-order valence-corrected chi connectivity index (χ3v) is 6.47. The van der Waals surface area contributed by atoms with E-state index in [0.717, 1.165) is 17.8 Å². The van der Waals surface area contributed by atoms with Crippen molar-refractivity contribution in [3.63, 3.8) is 0 Å². The van der Waals surface area contributed by atoms with Crippen molar-refractivity contribution in [2.45, 2.75) is 77.6 Å². The highest BCUT2D eigenvalue weighted by Crippen LogP contribution is 2.51. The molecule has 1 fully saturated rings. The quantitative estimate of drug-likeness (QED) is 0.528. The standard InChI is InChI=1S/C20H32/c1-20(16-17-10-8-9-11-17,18-12-4-2-5-13-18)19-14-6-3-7-15-19/h4,8-9,12,17-19H,2-3,5-7,10-11,13-16H2,1H3. The minimum Gasteiger partial charge on any atom is -0.0882 e. The van der Waals surface area contributed by atoms with E-state index >= 15 is 0 Å². The van der Waals surface area contributed by atoms with E-state index in [0.29, 0.717) is 5.41 Å². The topological polar surface area (TPSA) is 0 Å². The van der Waals surface area contributed by atoms with E-state index in [1.54, 1.807) is 0 Å². The van der Waals surface area contributed by atoms with Crippen LogP contribution in [0, 0.1) is 23.2 Å². The Labute approximate surface area is 125 Å². The van der Waals surface area contributed by atoms with Gasteiger partial charge in [-0.1, -0.05) is 50.5 Å². The minimum atomic E-state index is 0.577. The first-order chi connectivity index (χ1) is 9.79. The van der Waals surface area contributed by atoms with Crippen LogP contribution in [0.25, 0.3) is 0 Å². The highest BCUT2D eigenvalue weighted by Gasteiger charge is 2.41.